The molecular formula is C13H19FO. The molecule has 0 saturated carbocycles. The maximum absolute atomic E-state index is 13.3. The van der Waals surface area contributed by atoms with Gasteiger partial charge in [-0.25, -0.2) is 4.39 Å². The molecule has 1 aromatic rings. The van der Waals surface area contributed by atoms with Crippen molar-refractivity contribution in [1.82, 2.24) is 0 Å². The third-order valence-corrected chi connectivity index (χ3v) is 2.56. The molecule has 0 aromatic heterocycles. The largest absolute Gasteiger partial charge is 0.386 e. The normalized spacial score (nSPS) is 12.3. The average Bonchev–Trinajstić information content (AvgIpc) is 1.99. The van der Waals surface area contributed by atoms with E-state index in [9.17, 15) is 9.50 Å². The predicted molar refractivity (Wildman–Crippen MR) is 60.5 cm³/mol. The van der Waals surface area contributed by atoms with Crippen LogP contribution in [-0.2, 0) is 5.60 Å². The highest BCUT2D eigenvalue weighted by Crippen LogP contribution is 2.32. The fourth-order valence-electron chi connectivity index (χ4n) is 2.06. The molecular weight excluding hydrogens is 191 g/mol. The first kappa shape index (κ1) is 12.2. The van der Waals surface area contributed by atoms with Crippen molar-refractivity contribution in [3.8, 4) is 0 Å². The third-order valence-electron chi connectivity index (χ3n) is 2.56. The highest BCUT2D eigenvalue weighted by atomic mass is 19.1. The van der Waals surface area contributed by atoms with Crippen molar-refractivity contribution in [2.75, 3.05) is 0 Å². The number of benzene rings is 1. The minimum atomic E-state index is -0.919. The summed E-state index contributed by atoms with van der Waals surface area (Å²) in [7, 11) is 0. The summed E-state index contributed by atoms with van der Waals surface area (Å²) in [5.74, 6) is -0.0231. The van der Waals surface area contributed by atoms with E-state index in [1.165, 1.54) is 12.1 Å². The Balaban J connectivity index is 3.48. The highest BCUT2D eigenvalue weighted by Gasteiger charge is 2.24. The van der Waals surface area contributed by atoms with Crippen LogP contribution in [0.1, 0.15) is 50.3 Å². The van der Waals surface area contributed by atoms with E-state index in [1.807, 2.05) is 20.8 Å². The Morgan fingerprint density at radius 2 is 1.80 bits per heavy atom. The molecule has 1 nitrogen and oxygen atoms in total. The zero-order valence-corrected chi connectivity index (χ0v) is 10.1. The Morgan fingerprint density at radius 1 is 1.27 bits per heavy atom. The Labute approximate surface area is 90.9 Å². The summed E-state index contributed by atoms with van der Waals surface area (Å²) in [5, 5.41) is 10.1. The maximum atomic E-state index is 13.3. The van der Waals surface area contributed by atoms with E-state index in [-0.39, 0.29) is 11.7 Å². The van der Waals surface area contributed by atoms with Crippen molar-refractivity contribution in [1.29, 1.82) is 0 Å². The lowest BCUT2D eigenvalue weighted by molar-refractivity contribution is 0.0765. The van der Waals surface area contributed by atoms with Gasteiger partial charge in [-0.1, -0.05) is 13.8 Å². The first-order valence-corrected chi connectivity index (χ1v) is 5.26. The lowest BCUT2D eigenvalue weighted by atomic mass is 9.85. The molecule has 0 aliphatic heterocycles. The smallest absolute Gasteiger partial charge is 0.123 e. The summed E-state index contributed by atoms with van der Waals surface area (Å²) in [6.07, 6.45) is 0. The molecule has 1 aromatic carbocycles. The van der Waals surface area contributed by atoms with Crippen LogP contribution < -0.4 is 0 Å². The molecule has 0 radical (unpaired) electrons. The summed E-state index contributed by atoms with van der Waals surface area (Å²) < 4.78 is 13.3. The van der Waals surface area contributed by atoms with Crippen LogP contribution in [0.3, 0.4) is 0 Å². The number of aryl methyl sites for hydroxylation is 1. The van der Waals surface area contributed by atoms with Crippen LogP contribution in [0.5, 0.6) is 0 Å². The zero-order chi connectivity index (χ0) is 11.8. The van der Waals surface area contributed by atoms with Crippen LogP contribution >= 0.6 is 0 Å². The van der Waals surface area contributed by atoms with Crippen molar-refractivity contribution in [3.63, 3.8) is 0 Å². The van der Waals surface area contributed by atoms with Gasteiger partial charge in [-0.2, -0.15) is 0 Å². The number of hydrogen-bond acceptors (Lipinski definition) is 1. The van der Waals surface area contributed by atoms with Crippen molar-refractivity contribution in [3.05, 3.63) is 34.6 Å². The second kappa shape index (κ2) is 3.93. The lowest BCUT2D eigenvalue weighted by Crippen LogP contribution is -2.20. The molecule has 0 aliphatic rings. The molecule has 0 heterocycles. The van der Waals surface area contributed by atoms with E-state index in [0.29, 0.717) is 0 Å². The van der Waals surface area contributed by atoms with E-state index in [0.717, 1.165) is 16.7 Å². The van der Waals surface area contributed by atoms with Gasteiger partial charge in [0.15, 0.2) is 0 Å². The Bertz CT molecular complexity index is 362. The van der Waals surface area contributed by atoms with Gasteiger partial charge in [-0.05, 0) is 55.5 Å². The molecule has 0 fully saturated rings. The average molecular weight is 210 g/mol. The third kappa shape index (κ3) is 2.57. The van der Waals surface area contributed by atoms with Gasteiger partial charge in [0.2, 0.25) is 0 Å². The van der Waals surface area contributed by atoms with Crippen LogP contribution in [0.4, 0.5) is 4.39 Å². The fraction of sp³-hybridized carbons (Fsp3) is 0.538. The van der Waals surface area contributed by atoms with Gasteiger partial charge in [0.05, 0.1) is 5.60 Å². The van der Waals surface area contributed by atoms with Crippen molar-refractivity contribution in [2.45, 2.75) is 46.1 Å². The fourth-order valence-corrected chi connectivity index (χ4v) is 2.06. The van der Waals surface area contributed by atoms with Crippen LogP contribution in [0.25, 0.3) is 0 Å². The van der Waals surface area contributed by atoms with Gasteiger partial charge in [-0.15, -0.1) is 0 Å². The number of aliphatic hydroxyl groups is 1. The van der Waals surface area contributed by atoms with E-state index < -0.39 is 5.60 Å². The molecule has 0 atom stereocenters. The molecule has 0 bridgehead atoms. The SMILES string of the molecule is Cc1cc(F)cc(C(C)C)c1C(C)(C)O. The lowest BCUT2D eigenvalue weighted by Gasteiger charge is -2.26. The molecule has 1 N–H and O–H groups in total. The van der Waals surface area contributed by atoms with Crippen molar-refractivity contribution >= 4 is 0 Å². The van der Waals surface area contributed by atoms with Crippen LogP contribution in [0.15, 0.2) is 12.1 Å². The molecule has 0 spiro atoms. The van der Waals surface area contributed by atoms with Gasteiger partial charge in [0, 0.05) is 0 Å². The van der Waals surface area contributed by atoms with Crippen molar-refractivity contribution in [2.24, 2.45) is 0 Å². The minimum absolute atomic E-state index is 0.209. The van der Waals surface area contributed by atoms with Crippen LogP contribution in [0.2, 0.25) is 0 Å². The van der Waals surface area contributed by atoms with E-state index in [4.69, 9.17) is 0 Å². The van der Waals surface area contributed by atoms with Crippen LogP contribution in [-0.4, -0.2) is 5.11 Å². The Kier molecular flexibility index (Phi) is 3.19. The number of rotatable bonds is 2. The molecule has 15 heavy (non-hydrogen) atoms. The molecule has 84 valence electrons. The highest BCUT2D eigenvalue weighted by molar-refractivity contribution is 5.40. The summed E-state index contributed by atoms with van der Waals surface area (Å²) in [6, 6.07) is 2.99. The first-order valence-electron chi connectivity index (χ1n) is 5.26. The number of halogens is 1. The molecule has 0 saturated heterocycles. The molecule has 0 amide bonds. The quantitative estimate of drug-likeness (QED) is 0.792. The van der Waals surface area contributed by atoms with Gasteiger partial charge < -0.3 is 5.11 Å². The van der Waals surface area contributed by atoms with Gasteiger partial charge >= 0.3 is 0 Å². The molecule has 1 rings (SSSR count). The summed E-state index contributed by atoms with van der Waals surface area (Å²) in [4.78, 5) is 0. The first-order chi connectivity index (χ1) is 6.73. The molecule has 2 heteroatoms. The second-order valence-corrected chi connectivity index (χ2v) is 4.90. The summed E-state index contributed by atoms with van der Waals surface area (Å²) in [6.45, 7) is 9.31. The standard InChI is InChI=1S/C13H19FO/c1-8(2)11-7-10(14)6-9(3)12(11)13(4,5)15/h6-8,15H,1-5H3. The number of hydrogen-bond donors (Lipinski definition) is 1. The monoisotopic (exact) mass is 210 g/mol. The predicted octanol–water partition coefficient (Wildman–Crippen LogP) is 3.48. The second-order valence-electron chi connectivity index (χ2n) is 4.90. The summed E-state index contributed by atoms with van der Waals surface area (Å²) in [5.41, 5.74) is 1.63. The van der Waals surface area contributed by atoms with E-state index in [2.05, 4.69) is 0 Å². The van der Waals surface area contributed by atoms with Crippen LogP contribution in [0, 0.1) is 12.7 Å². The van der Waals surface area contributed by atoms with Gasteiger partial charge in [-0.3, -0.25) is 0 Å². The topological polar surface area (TPSA) is 20.2 Å². The minimum Gasteiger partial charge on any atom is -0.386 e. The van der Waals surface area contributed by atoms with Crippen molar-refractivity contribution < 1.29 is 9.50 Å². The van der Waals surface area contributed by atoms with Gasteiger partial charge in [0.1, 0.15) is 5.82 Å². The summed E-state index contributed by atoms with van der Waals surface area (Å²) >= 11 is 0. The van der Waals surface area contributed by atoms with Gasteiger partial charge in [0.25, 0.3) is 0 Å². The Morgan fingerprint density at radius 3 is 2.20 bits per heavy atom. The maximum Gasteiger partial charge on any atom is 0.123 e. The zero-order valence-electron chi connectivity index (χ0n) is 10.1. The Hall–Kier alpha value is -0.890. The molecule has 0 unspecified atom stereocenters. The van der Waals surface area contributed by atoms with E-state index >= 15 is 0 Å². The van der Waals surface area contributed by atoms with E-state index in [1.54, 1.807) is 13.8 Å². The molecule has 0 aliphatic carbocycles.